The summed E-state index contributed by atoms with van der Waals surface area (Å²) in [6, 6.07) is 5.82. The zero-order valence-electron chi connectivity index (χ0n) is 11.1. The highest BCUT2D eigenvalue weighted by Gasteiger charge is 2.39. The second-order valence-corrected chi connectivity index (χ2v) is 8.26. The van der Waals surface area contributed by atoms with Gasteiger partial charge in [-0.3, -0.25) is 0 Å². The Morgan fingerprint density at radius 1 is 1.22 bits per heavy atom. The molecule has 0 bridgehead atoms. The van der Waals surface area contributed by atoms with E-state index in [2.05, 4.69) is 0 Å². The first-order valence-electron chi connectivity index (χ1n) is 6.23. The molecule has 0 aliphatic heterocycles. The first kappa shape index (κ1) is 13.6. The lowest BCUT2D eigenvalue weighted by molar-refractivity contribution is 0.139. The minimum absolute atomic E-state index is 0.700. The Morgan fingerprint density at radius 3 is 2.44 bits per heavy atom. The monoisotopic (exact) mass is 268 g/mol. The van der Waals surface area contributed by atoms with Crippen LogP contribution in [0.3, 0.4) is 0 Å². The summed E-state index contributed by atoms with van der Waals surface area (Å²) in [6.07, 6.45) is 3.43. The highest BCUT2D eigenvalue weighted by molar-refractivity contribution is 7.92. The van der Waals surface area contributed by atoms with E-state index in [0.29, 0.717) is 5.56 Å². The van der Waals surface area contributed by atoms with Gasteiger partial charge in [-0.05, 0) is 49.8 Å². The van der Waals surface area contributed by atoms with Crippen LogP contribution in [0, 0.1) is 0 Å². The van der Waals surface area contributed by atoms with Crippen molar-refractivity contribution in [2.75, 3.05) is 6.26 Å². The zero-order chi connectivity index (χ0) is 13.6. The molecule has 0 saturated carbocycles. The van der Waals surface area contributed by atoms with Gasteiger partial charge in [0.15, 0.2) is 9.84 Å². The van der Waals surface area contributed by atoms with Crippen molar-refractivity contribution in [3.05, 3.63) is 34.9 Å². The molecule has 3 nitrogen and oxygen atoms in total. The SMILES string of the molecule is CC(C)(C(O)c1ccc2c(c1)CCC2)S(C)(=O)=O. The smallest absolute Gasteiger partial charge is 0.155 e. The second kappa shape index (κ2) is 4.35. The highest BCUT2D eigenvalue weighted by Crippen LogP contribution is 2.34. The van der Waals surface area contributed by atoms with Gasteiger partial charge in [-0.1, -0.05) is 18.2 Å². The number of benzene rings is 1. The number of rotatable bonds is 3. The number of hydrogen-bond donors (Lipinski definition) is 1. The first-order chi connectivity index (χ1) is 8.23. The number of aryl methyl sites for hydroxylation is 2. The van der Waals surface area contributed by atoms with Gasteiger partial charge in [0.25, 0.3) is 0 Å². The second-order valence-electron chi connectivity index (χ2n) is 5.66. The van der Waals surface area contributed by atoms with Crippen LogP contribution in [-0.4, -0.2) is 24.5 Å². The largest absolute Gasteiger partial charge is 0.387 e. The average Bonchev–Trinajstić information content (AvgIpc) is 2.73. The van der Waals surface area contributed by atoms with Gasteiger partial charge in [-0.2, -0.15) is 0 Å². The van der Waals surface area contributed by atoms with E-state index in [1.54, 1.807) is 13.8 Å². The molecule has 100 valence electrons. The molecule has 0 amide bonds. The van der Waals surface area contributed by atoms with Gasteiger partial charge in [0.1, 0.15) is 0 Å². The molecule has 1 N–H and O–H groups in total. The molecule has 1 aromatic rings. The van der Waals surface area contributed by atoms with Gasteiger partial charge in [0, 0.05) is 6.26 Å². The lowest BCUT2D eigenvalue weighted by atomic mass is 9.95. The topological polar surface area (TPSA) is 54.4 Å². The lowest BCUT2D eigenvalue weighted by Crippen LogP contribution is -2.37. The van der Waals surface area contributed by atoms with Crippen LogP contribution in [0.1, 0.15) is 43.1 Å². The van der Waals surface area contributed by atoms with Crippen LogP contribution in [0.25, 0.3) is 0 Å². The molecule has 0 spiro atoms. The van der Waals surface area contributed by atoms with Gasteiger partial charge in [0.05, 0.1) is 10.9 Å². The van der Waals surface area contributed by atoms with Crippen molar-refractivity contribution >= 4 is 9.84 Å². The van der Waals surface area contributed by atoms with E-state index in [1.807, 2.05) is 18.2 Å². The third-order valence-corrected chi connectivity index (χ3v) is 6.19. The molecule has 4 heteroatoms. The molecule has 0 aromatic heterocycles. The Hall–Kier alpha value is -0.870. The molecular formula is C14H20O3S. The van der Waals surface area contributed by atoms with E-state index in [0.717, 1.165) is 19.3 Å². The van der Waals surface area contributed by atoms with Gasteiger partial charge < -0.3 is 5.11 Å². The van der Waals surface area contributed by atoms with Gasteiger partial charge in [0.2, 0.25) is 0 Å². The quantitative estimate of drug-likeness (QED) is 0.912. The van der Waals surface area contributed by atoms with Crippen LogP contribution in [0.5, 0.6) is 0 Å². The average molecular weight is 268 g/mol. The Kier molecular flexibility index (Phi) is 3.28. The maximum Gasteiger partial charge on any atom is 0.155 e. The van der Waals surface area contributed by atoms with Crippen LogP contribution in [0.2, 0.25) is 0 Å². The number of hydrogen-bond acceptors (Lipinski definition) is 3. The maximum atomic E-state index is 11.7. The molecule has 0 saturated heterocycles. The van der Waals surface area contributed by atoms with Crippen molar-refractivity contribution in [2.45, 2.75) is 44.0 Å². The molecule has 0 radical (unpaired) electrons. The summed E-state index contributed by atoms with van der Waals surface area (Å²) < 4.78 is 22.3. The minimum Gasteiger partial charge on any atom is -0.387 e. The third-order valence-electron chi connectivity index (χ3n) is 4.05. The first-order valence-corrected chi connectivity index (χ1v) is 8.12. The normalized spacial score (nSPS) is 17.6. The van der Waals surface area contributed by atoms with Crippen LogP contribution >= 0.6 is 0 Å². The van der Waals surface area contributed by atoms with Crippen molar-refractivity contribution in [3.63, 3.8) is 0 Å². The Morgan fingerprint density at radius 2 is 1.83 bits per heavy atom. The van der Waals surface area contributed by atoms with Crippen LogP contribution in [-0.2, 0) is 22.7 Å². The number of fused-ring (bicyclic) bond motifs is 1. The standard InChI is InChI=1S/C14H20O3S/c1-14(2,18(3,16)17)13(15)12-8-7-10-5-4-6-11(10)9-12/h7-9,13,15H,4-6H2,1-3H3. The summed E-state index contributed by atoms with van der Waals surface area (Å²) in [5.74, 6) is 0. The Labute approximate surface area is 109 Å². The van der Waals surface area contributed by atoms with Gasteiger partial charge in [-0.15, -0.1) is 0 Å². The molecule has 1 aliphatic rings. The molecule has 1 aliphatic carbocycles. The predicted molar refractivity (Wildman–Crippen MR) is 72.3 cm³/mol. The van der Waals surface area contributed by atoms with Crippen molar-refractivity contribution in [1.29, 1.82) is 0 Å². The van der Waals surface area contributed by atoms with Gasteiger partial charge >= 0.3 is 0 Å². The van der Waals surface area contributed by atoms with E-state index < -0.39 is 20.7 Å². The van der Waals surface area contributed by atoms with E-state index >= 15 is 0 Å². The fourth-order valence-corrected chi connectivity index (χ4v) is 2.91. The summed E-state index contributed by atoms with van der Waals surface area (Å²) >= 11 is 0. The number of aliphatic hydroxyl groups excluding tert-OH is 1. The van der Waals surface area contributed by atoms with Crippen molar-refractivity contribution in [2.24, 2.45) is 0 Å². The van der Waals surface area contributed by atoms with E-state index in [4.69, 9.17) is 0 Å². The molecule has 18 heavy (non-hydrogen) atoms. The minimum atomic E-state index is -3.31. The summed E-state index contributed by atoms with van der Waals surface area (Å²) in [5.41, 5.74) is 3.27. The lowest BCUT2D eigenvalue weighted by Gasteiger charge is -2.29. The van der Waals surface area contributed by atoms with E-state index in [9.17, 15) is 13.5 Å². The van der Waals surface area contributed by atoms with E-state index in [-0.39, 0.29) is 0 Å². The molecule has 2 rings (SSSR count). The Bertz CT molecular complexity index is 558. The highest BCUT2D eigenvalue weighted by atomic mass is 32.2. The van der Waals surface area contributed by atoms with Crippen LogP contribution in [0.4, 0.5) is 0 Å². The van der Waals surface area contributed by atoms with Crippen molar-refractivity contribution in [1.82, 2.24) is 0 Å². The van der Waals surface area contributed by atoms with Crippen LogP contribution < -0.4 is 0 Å². The summed E-state index contributed by atoms with van der Waals surface area (Å²) in [4.78, 5) is 0. The molecule has 1 aromatic carbocycles. The summed E-state index contributed by atoms with van der Waals surface area (Å²) in [6.45, 7) is 3.14. The number of aliphatic hydroxyl groups is 1. The van der Waals surface area contributed by atoms with Crippen LogP contribution in [0.15, 0.2) is 18.2 Å². The summed E-state index contributed by atoms with van der Waals surface area (Å²) in [7, 11) is -3.31. The predicted octanol–water partition coefficient (Wildman–Crippen LogP) is 2.03. The fraction of sp³-hybridized carbons (Fsp3) is 0.571. The Balaban J connectivity index is 2.38. The van der Waals surface area contributed by atoms with Crippen molar-refractivity contribution < 1.29 is 13.5 Å². The third kappa shape index (κ3) is 2.19. The molecular weight excluding hydrogens is 248 g/mol. The van der Waals surface area contributed by atoms with Crippen molar-refractivity contribution in [3.8, 4) is 0 Å². The van der Waals surface area contributed by atoms with Gasteiger partial charge in [-0.25, -0.2) is 8.42 Å². The molecule has 1 unspecified atom stereocenters. The fourth-order valence-electron chi connectivity index (χ4n) is 2.37. The summed E-state index contributed by atoms with van der Waals surface area (Å²) in [5, 5.41) is 10.3. The number of sulfone groups is 1. The zero-order valence-corrected chi connectivity index (χ0v) is 11.9. The molecule has 0 fully saturated rings. The molecule has 0 heterocycles. The maximum absolute atomic E-state index is 11.7. The van der Waals surface area contributed by atoms with E-state index in [1.165, 1.54) is 17.4 Å². The molecule has 1 atom stereocenters.